The van der Waals surface area contributed by atoms with Gasteiger partial charge in [0.1, 0.15) is 12.8 Å². The Hall–Kier alpha value is -3.04. The van der Waals surface area contributed by atoms with Gasteiger partial charge in [0.15, 0.2) is 29.1 Å². The van der Waals surface area contributed by atoms with Crippen LogP contribution in [0, 0.1) is 29.6 Å². The highest BCUT2D eigenvalue weighted by molar-refractivity contribution is 6.01. The second-order valence-corrected chi connectivity index (χ2v) is 14.3. The molecule has 0 spiro atoms. The molecule has 1 aliphatic heterocycles. The molecule has 6 nitrogen and oxygen atoms in total. The third-order valence-electron chi connectivity index (χ3n) is 12.2. The molecule has 2 N–H and O–H groups in total. The van der Waals surface area contributed by atoms with E-state index in [2.05, 4.69) is 32.0 Å². The Kier molecular flexibility index (Phi) is 6.96. The molecule has 45 heavy (non-hydrogen) atoms. The molecule has 0 amide bonds. The van der Waals surface area contributed by atoms with Gasteiger partial charge in [-0.1, -0.05) is 74.0 Å². The number of hydrogen-bond donors (Lipinski definition) is 2. The zero-order valence-electron chi connectivity index (χ0n) is 26.0. The normalized spacial score (nSPS) is 42.3. The summed E-state index contributed by atoms with van der Waals surface area (Å²) in [5, 5.41) is 21.9. The Morgan fingerprint density at radius 3 is 2.51 bits per heavy atom. The first kappa shape index (κ1) is 30.6. The summed E-state index contributed by atoms with van der Waals surface area (Å²) in [7, 11) is 0. The first-order valence-electron chi connectivity index (χ1n) is 15.9. The number of alkyl halides is 2. The van der Waals surface area contributed by atoms with Gasteiger partial charge < -0.3 is 19.7 Å². The van der Waals surface area contributed by atoms with E-state index in [1.807, 2.05) is 30.3 Å². The first-order valence-corrected chi connectivity index (χ1v) is 15.9. The fraction of sp³-hybridized carbons (Fsp3) is 0.514. The van der Waals surface area contributed by atoms with Crippen LogP contribution in [0.25, 0.3) is 0 Å². The molecule has 1 heterocycles. The summed E-state index contributed by atoms with van der Waals surface area (Å²) >= 11 is 0. The smallest absolute Gasteiger partial charge is 0.193 e. The van der Waals surface area contributed by atoms with E-state index in [1.165, 1.54) is 23.3 Å². The molecule has 238 valence electrons. The Morgan fingerprint density at radius 2 is 1.82 bits per heavy atom. The zero-order chi connectivity index (χ0) is 32.1. The lowest BCUT2D eigenvalue weighted by atomic mass is 9.44. The highest BCUT2D eigenvalue weighted by atomic mass is 19.1. The average molecular weight is 619 g/mol. The average Bonchev–Trinajstić information content (AvgIpc) is 3.52. The number of hydrogen-bond acceptors (Lipinski definition) is 6. The molecule has 2 aromatic carbocycles. The predicted octanol–water partition coefficient (Wildman–Crippen LogP) is 5.79. The number of aryl methyl sites for hydroxylation is 1. The lowest BCUT2D eigenvalue weighted by Crippen LogP contribution is -2.70. The number of halogens is 2. The van der Waals surface area contributed by atoms with E-state index in [-0.39, 0.29) is 30.8 Å². The summed E-state index contributed by atoms with van der Waals surface area (Å²) in [6.45, 7) is 6.72. The minimum Gasteiger partial charge on any atom is -0.390 e. The number of fused-ring (bicyclic) bond motifs is 7. The molecule has 7 rings (SSSR count). The molecule has 0 unspecified atom stereocenters. The van der Waals surface area contributed by atoms with Crippen molar-refractivity contribution >= 4 is 11.6 Å². The summed E-state index contributed by atoms with van der Waals surface area (Å²) in [5.74, 6) is -2.42. The zero-order valence-corrected chi connectivity index (χ0v) is 26.0. The van der Waals surface area contributed by atoms with Crippen molar-refractivity contribution < 1.29 is 38.1 Å². The number of aliphatic hydroxyl groups excluding tert-OH is 2. The maximum Gasteiger partial charge on any atom is 0.193 e. The number of carbonyl (C=O) groups is 2. The van der Waals surface area contributed by atoms with E-state index >= 15 is 8.78 Å². The lowest BCUT2D eigenvalue weighted by Gasteiger charge is -2.63. The van der Waals surface area contributed by atoms with Gasteiger partial charge in [0.2, 0.25) is 0 Å². The Bertz CT molecular complexity index is 1620. The van der Waals surface area contributed by atoms with Gasteiger partial charge in [0, 0.05) is 28.2 Å². The van der Waals surface area contributed by atoms with Crippen molar-refractivity contribution in [2.24, 2.45) is 22.7 Å². The second-order valence-electron chi connectivity index (χ2n) is 14.3. The van der Waals surface area contributed by atoms with Crippen LogP contribution in [0.4, 0.5) is 8.78 Å². The van der Waals surface area contributed by atoms with Crippen LogP contribution in [-0.2, 0) is 19.1 Å². The summed E-state index contributed by atoms with van der Waals surface area (Å²) < 4.78 is 46.4. The monoisotopic (exact) mass is 618 g/mol. The van der Waals surface area contributed by atoms with Crippen molar-refractivity contribution in [1.29, 1.82) is 0 Å². The number of benzene rings is 2. The van der Waals surface area contributed by atoms with Crippen LogP contribution < -0.4 is 0 Å². The Labute approximate surface area is 262 Å². The quantitative estimate of drug-likeness (QED) is 0.441. The van der Waals surface area contributed by atoms with Crippen LogP contribution in [0.3, 0.4) is 0 Å². The van der Waals surface area contributed by atoms with Gasteiger partial charge in [-0.25, -0.2) is 8.78 Å². The van der Waals surface area contributed by atoms with E-state index < -0.39 is 76.8 Å². The maximum absolute atomic E-state index is 17.6. The topological polar surface area (TPSA) is 93.1 Å². The van der Waals surface area contributed by atoms with Gasteiger partial charge >= 0.3 is 0 Å². The van der Waals surface area contributed by atoms with Gasteiger partial charge in [0.25, 0.3) is 0 Å². The Balaban J connectivity index is 1.22. The number of ketones is 2. The van der Waals surface area contributed by atoms with Gasteiger partial charge in [-0.05, 0) is 67.9 Å². The van der Waals surface area contributed by atoms with Gasteiger partial charge in [-0.15, -0.1) is 0 Å². The van der Waals surface area contributed by atoms with Crippen molar-refractivity contribution in [3.05, 3.63) is 94.6 Å². The molecule has 4 aliphatic carbocycles. The molecule has 5 aliphatic rings. The number of Topliss-reactive ketones (excluding diaryl/α,β-unsaturated/α-hetero) is 1. The van der Waals surface area contributed by atoms with Crippen molar-refractivity contribution in [2.45, 2.75) is 88.8 Å². The van der Waals surface area contributed by atoms with E-state index in [1.54, 1.807) is 13.8 Å². The van der Waals surface area contributed by atoms with E-state index in [0.717, 1.165) is 11.6 Å². The van der Waals surface area contributed by atoms with Gasteiger partial charge in [-0.2, -0.15) is 0 Å². The van der Waals surface area contributed by atoms with Crippen LogP contribution in [-0.4, -0.2) is 58.0 Å². The molecule has 3 saturated carbocycles. The first-order chi connectivity index (χ1) is 21.3. The number of aliphatic hydroxyl groups is 2. The molecule has 0 aromatic heterocycles. The van der Waals surface area contributed by atoms with Crippen LogP contribution in [0.5, 0.6) is 0 Å². The van der Waals surface area contributed by atoms with E-state index in [9.17, 15) is 19.8 Å². The van der Waals surface area contributed by atoms with Crippen molar-refractivity contribution in [3.8, 4) is 0 Å². The molecular formula is C37H40F2O6. The number of carbonyl (C=O) groups excluding carboxylic acids is 2. The minimum absolute atomic E-state index is 0.0449. The van der Waals surface area contributed by atoms with E-state index in [4.69, 9.17) is 9.47 Å². The summed E-state index contributed by atoms with van der Waals surface area (Å²) in [5.41, 5.74) is -2.40. The lowest BCUT2D eigenvalue weighted by molar-refractivity contribution is -0.235. The molecule has 1 saturated heterocycles. The molecule has 0 bridgehead atoms. The minimum atomic E-state index is -2.28. The number of rotatable bonds is 5. The van der Waals surface area contributed by atoms with Gasteiger partial charge in [-0.3, -0.25) is 9.59 Å². The van der Waals surface area contributed by atoms with Crippen LogP contribution >= 0.6 is 0 Å². The number of ether oxygens (including phenoxy) is 2. The largest absolute Gasteiger partial charge is 0.390 e. The van der Waals surface area contributed by atoms with Crippen molar-refractivity contribution in [2.75, 3.05) is 6.61 Å². The fourth-order valence-electron chi connectivity index (χ4n) is 9.79. The molecule has 11 atom stereocenters. The highest BCUT2D eigenvalue weighted by Gasteiger charge is 2.80. The summed E-state index contributed by atoms with van der Waals surface area (Å²) in [4.78, 5) is 25.9. The standard InChI is InChI=1S/C37H40F2O6/c1-20-6-5-7-24(14-20)21(2)22-8-10-23(11-9-22)33-44-32-17-26-27-16-29(38)28-15-25(41)12-13-34(28,3)36(27,39)30(42)18-35(26,4)37(32,45-33)31(43)19-40/h5-15,21,26-27,29-30,32-33,40,42H,16-19H2,1-4H3/t21-,26-,27-,29-,30-,32+,33+,34-,35-,36-,37+/m0/s1. The van der Waals surface area contributed by atoms with Crippen LogP contribution in [0.1, 0.15) is 74.5 Å². The summed E-state index contributed by atoms with van der Waals surface area (Å²) in [6.07, 6.45) is -1.32. The molecule has 8 heteroatoms. The Morgan fingerprint density at radius 1 is 1.09 bits per heavy atom. The third kappa shape index (κ3) is 3.98. The molecule has 2 aromatic rings. The number of allylic oxidation sites excluding steroid dienone is 4. The van der Waals surface area contributed by atoms with Crippen molar-refractivity contribution in [3.63, 3.8) is 0 Å². The fourth-order valence-corrected chi connectivity index (χ4v) is 9.79. The van der Waals surface area contributed by atoms with Crippen molar-refractivity contribution in [1.82, 2.24) is 0 Å². The predicted molar refractivity (Wildman–Crippen MR) is 163 cm³/mol. The van der Waals surface area contributed by atoms with Gasteiger partial charge in [0.05, 0.1) is 12.2 Å². The second kappa shape index (κ2) is 10.2. The molecular weight excluding hydrogens is 578 g/mol. The maximum atomic E-state index is 17.6. The highest BCUT2D eigenvalue weighted by Crippen LogP contribution is 2.72. The molecule has 0 radical (unpaired) electrons. The third-order valence-corrected chi connectivity index (χ3v) is 12.2. The molecule has 4 fully saturated rings. The van der Waals surface area contributed by atoms with Crippen LogP contribution in [0.15, 0.2) is 72.3 Å². The van der Waals surface area contributed by atoms with E-state index in [0.29, 0.717) is 5.56 Å². The SMILES string of the molecule is Cc1cccc([C@@H](C)c2ccc([C@@H]3O[C@@H]4C[C@H]5[C@@H]6C[C@H](F)C7=CC(=O)C=C[C@]7(C)[C@@]6(F)[C@@H](O)C[C@]5(C)[C@]4(C(=O)CO)O3)cc2)c1. The van der Waals surface area contributed by atoms with Crippen LogP contribution in [0.2, 0.25) is 0 Å². The summed E-state index contributed by atoms with van der Waals surface area (Å²) in [6, 6.07) is 16.2.